The number of carboxylic acids is 1. The van der Waals surface area contributed by atoms with E-state index < -0.39 is 13.8 Å². The summed E-state index contributed by atoms with van der Waals surface area (Å²) < 4.78 is 30.2. The Hall–Kier alpha value is -3.50. The van der Waals surface area contributed by atoms with Crippen molar-refractivity contribution in [3.63, 3.8) is 0 Å². The van der Waals surface area contributed by atoms with Crippen molar-refractivity contribution in [2.75, 3.05) is 0 Å². The molecule has 162 valence electrons. The van der Waals surface area contributed by atoms with Gasteiger partial charge in [-0.3, -0.25) is 0 Å². The standard InChI is InChI=1S/C21H21O4P.C3H4O2/c1-16-4-10-19(11-5-16)23-26(22,24-20-12-6-17(2)7-13-20)25-21-14-8-18(3)9-15-21;1-2-3(4)5/h4-15H,1-3H3;2H,1H2,(H,4,5). The fraction of sp³-hybridized carbons (Fsp3) is 0.125. The highest BCUT2D eigenvalue weighted by Crippen LogP contribution is 2.49. The molecule has 0 aliphatic rings. The number of phosphoric ester groups is 1. The minimum Gasteiger partial charge on any atom is -0.478 e. The van der Waals surface area contributed by atoms with Crippen molar-refractivity contribution in [2.45, 2.75) is 20.8 Å². The first-order valence-corrected chi connectivity index (χ1v) is 10.9. The zero-order valence-electron chi connectivity index (χ0n) is 17.6. The predicted octanol–water partition coefficient (Wildman–Crippen LogP) is 6.51. The van der Waals surface area contributed by atoms with E-state index in [0.29, 0.717) is 17.2 Å². The van der Waals surface area contributed by atoms with Crippen molar-refractivity contribution in [3.05, 3.63) is 102 Å². The summed E-state index contributed by atoms with van der Waals surface area (Å²) in [6.07, 6.45) is 0.833. The van der Waals surface area contributed by atoms with Gasteiger partial charge < -0.3 is 18.7 Å². The second kappa shape index (κ2) is 11.0. The number of hydrogen-bond acceptors (Lipinski definition) is 5. The van der Waals surface area contributed by atoms with Gasteiger partial charge in [0.2, 0.25) is 0 Å². The minimum absolute atomic E-state index is 0.415. The van der Waals surface area contributed by atoms with E-state index in [4.69, 9.17) is 18.7 Å². The lowest BCUT2D eigenvalue weighted by Gasteiger charge is -2.19. The molecule has 0 aliphatic carbocycles. The third kappa shape index (κ3) is 8.41. The molecular weight excluding hydrogens is 415 g/mol. The Balaban J connectivity index is 0.000000614. The van der Waals surface area contributed by atoms with E-state index in [1.807, 2.05) is 57.2 Å². The van der Waals surface area contributed by atoms with Crippen molar-refractivity contribution in [2.24, 2.45) is 0 Å². The molecule has 0 amide bonds. The van der Waals surface area contributed by atoms with Crippen LogP contribution in [0.3, 0.4) is 0 Å². The first-order valence-electron chi connectivity index (χ1n) is 9.43. The third-order valence-electron chi connectivity index (χ3n) is 3.89. The molecule has 0 unspecified atom stereocenters. The van der Waals surface area contributed by atoms with E-state index in [-0.39, 0.29) is 0 Å². The molecule has 0 spiro atoms. The topological polar surface area (TPSA) is 82.1 Å². The lowest BCUT2D eigenvalue weighted by Crippen LogP contribution is -2.07. The monoisotopic (exact) mass is 440 g/mol. The summed E-state index contributed by atoms with van der Waals surface area (Å²) >= 11 is 0. The molecular formula is C24H25O6P. The number of rotatable bonds is 7. The maximum Gasteiger partial charge on any atom is 0.647 e. The van der Waals surface area contributed by atoms with E-state index in [9.17, 15) is 9.36 Å². The van der Waals surface area contributed by atoms with Crippen LogP contribution < -0.4 is 13.6 Å². The van der Waals surface area contributed by atoms with E-state index in [0.717, 1.165) is 22.8 Å². The van der Waals surface area contributed by atoms with E-state index in [1.165, 1.54) is 0 Å². The van der Waals surface area contributed by atoms with E-state index in [2.05, 4.69) is 6.58 Å². The summed E-state index contributed by atoms with van der Waals surface area (Å²) in [5.41, 5.74) is 3.23. The summed E-state index contributed by atoms with van der Waals surface area (Å²) in [5.74, 6) is 0.263. The summed E-state index contributed by atoms with van der Waals surface area (Å²) in [6, 6.07) is 21.6. The molecule has 3 aromatic rings. The Morgan fingerprint density at radius 2 is 0.935 bits per heavy atom. The number of phosphoric acid groups is 1. The van der Waals surface area contributed by atoms with Gasteiger partial charge >= 0.3 is 13.8 Å². The van der Waals surface area contributed by atoms with Gasteiger partial charge in [-0.15, -0.1) is 0 Å². The normalized spacial score (nSPS) is 10.3. The molecule has 0 aliphatic heterocycles. The number of carbonyl (C=O) groups is 1. The van der Waals surface area contributed by atoms with Crippen LogP contribution in [0.2, 0.25) is 0 Å². The molecule has 0 saturated carbocycles. The van der Waals surface area contributed by atoms with Crippen LogP contribution in [0.15, 0.2) is 85.5 Å². The van der Waals surface area contributed by atoms with Crippen LogP contribution in [-0.4, -0.2) is 11.1 Å². The Bertz CT molecular complexity index is 918. The largest absolute Gasteiger partial charge is 0.647 e. The van der Waals surface area contributed by atoms with Gasteiger partial charge in [-0.1, -0.05) is 59.7 Å². The summed E-state index contributed by atoms with van der Waals surface area (Å²) in [6.45, 7) is 8.86. The quantitative estimate of drug-likeness (QED) is 0.333. The summed E-state index contributed by atoms with van der Waals surface area (Å²) in [4.78, 5) is 9.25. The van der Waals surface area contributed by atoms with Gasteiger partial charge in [0.25, 0.3) is 0 Å². The second-order valence-corrected chi connectivity index (χ2v) is 8.14. The van der Waals surface area contributed by atoms with Crippen LogP contribution in [0.25, 0.3) is 0 Å². The Morgan fingerprint density at radius 1 is 0.710 bits per heavy atom. The summed E-state index contributed by atoms with van der Waals surface area (Å²) in [7, 11) is -3.93. The number of aliphatic carboxylic acids is 1. The van der Waals surface area contributed by atoms with Gasteiger partial charge in [-0.25, -0.2) is 4.79 Å². The van der Waals surface area contributed by atoms with Gasteiger partial charge in [-0.2, -0.15) is 4.57 Å². The summed E-state index contributed by atoms with van der Waals surface area (Å²) in [5, 5.41) is 7.60. The number of carboxylic acid groups (broad SMARTS) is 1. The Labute approximate surface area is 182 Å². The SMILES string of the molecule is C=CC(=O)O.Cc1ccc(OP(=O)(Oc2ccc(C)cc2)Oc2ccc(C)cc2)cc1. The molecule has 0 fully saturated rings. The van der Waals surface area contributed by atoms with Gasteiger partial charge in [0, 0.05) is 6.08 Å². The first kappa shape index (κ1) is 23.8. The highest BCUT2D eigenvalue weighted by Gasteiger charge is 2.33. The van der Waals surface area contributed by atoms with Crippen LogP contribution in [0.1, 0.15) is 16.7 Å². The molecule has 0 saturated heterocycles. The van der Waals surface area contributed by atoms with Crippen LogP contribution >= 0.6 is 7.82 Å². The van der Waals surface area contributed by atoms with Gasteiger partial charge in [0.05, 0.1) is 0 Å². The molecule has 1 N–H and O–H groups in total. The molecule has 0 heterocycles. The van der Waals surface area contributed by atoms with Crippen molar-refractivity contribution in [3.8, 4) is 17.2 Å². The first-order chi connectivity index (χ1) is 14.7. The third-order valence-corrected chi connectivity index (χ3v) is 5.19. The molecule has 0 bridgehead atoms. The zero-order chi connectivity index (χ0) is 22.9. The molecule has 31 heavy (non-hydrogen) atoms. The Morgan fingerprint density at radius 3 is 1.13 bits per heavy atom. The number of benzene rings is 3. The van der Waals surface area contributed by atoms with E-state index >= 15 is 0 Å². The lowest BCUT2D eigenvalue weighted by molar-refractivity contribution is -0.131. The molecule has 3 rings (SSSR count). The maximum atomic E-state index is 13.3. The average Bonchev–Trinajstić information content (AvgIpc) is 2.73. The fourth-order valence-electron chi connectivity index (χ4n) is 2.24. The minimum atomic E-state index is -3.93. The molecule has 0 atom stereocenters. The smallest absolute Gasteiger partial charge is 0.478 e. The molecule has 7 heteroatoms. The average molecular weight is 440 g/mol. The van der Waals surface area contributed by atoms with Crippen molar-refractivity contribution in [1.29, 1.82) is 0 Å². The number of aryl methyl sites for hydroxylation is 3. The highest BCUT2D eigenvalue weighted by atomic mass is 31.2. The van der Waals surface area contributed by atoms with Crippen LogP contribution in [-0.2, 0) is 9.36 Å². The van der Waals surface area contributed by atoms with Crippen molar-refractivity contribution in [1.82, 2.24) is 0 Å². The van der Waals surface area contributed by atoms with Crippen LogP contribution in [0.5, 0.6) is 17.2 Å². The molecule has 3 aromatic carbocycles. The van der Waals surface area contributed by atoms with Crippen molar-refractivity contribution < 1.29 is 28.0 Å². The Kier molecular flexibility index (Phi) is 8.47. The lowest BCUT2D eigenvalue weighted by atomic mass is 10.2. The van der Waals surface area contributed by atoms with Gasteiger partial charge in [0.1, 0.15) is 17.2 Å². The van der Waals surface area contributed by atoms with Crippen LogP contribution in [0.4, 0.5) is 0 Å². The van der Waals surface area contributed by atoms with Gasteiger partial charge in [-0.05, 0) is 57.2 Å². The van der Waals surface area contributed by atoms with E-state index in [1.54, 1.807) is 36.4 Å². The molecule has 0 aromatic heterocycles. The highest BCUT2D eigenvalue weighted by molar-refractivity contribution is 7.49. The molecule has 0 radical (unpaired) electrons. The molecule has 6 nitrogen and oxygen atoms in total. The predicted molar refractivity (Wildman–Crippen MR) is 121 cm³/mol. The zero-order valence-corrected chi connectivity index (χ0v) is 18.5. The van der Waals surface area contributed by atoms with Gasteiger partial charge in [0.15, 0.2) is 0 Å². The van der Waals surface area contributed by atoms with Crippen molar-refractivity contribution >= 4 is 13.8 Å². The second-order valence-electron chi connectivity index (χ2n) is 6.70. The van der Waals surface area contributed by atoms with Crippen LogP contribution in [0, 0.1) is 20.8 Å². The fourth-order valence-corrected chi connectivity index (χ4v) is 3.49. The number of hydrogen-bond donors (Lipinski definition) is 1. The maximum absolute atomic E-state index is 13.3.